The highest BCUT2D eigenvalue weighted by Gasteiger charge is 2.30. The lowest BCUT2D eigenvalue weighted by molar-refractivity contribution is 0.0691. The molecule has 0 aliphatic carbocycles. The summed E-state index contributed by atoms with van der Waals surface area (Å²) in [6.07, 6.45) is 3.86. The minimum atomic E-state index is -0.198. The first-order valence-electron chi connectivity index (χ1n) is 9.46. The number of hydrogen-bond donors (Lipinski definition) is 1. The van der Waals surface area contributed by atoms with Gasteiger partial charge in [-0.1, -0.05) is 38.5 Å². The van der Waals surface area contributed by atoms with Gasteiger partial charge in [-0.3, -0.25) is 4.79 Å². The van der Waals surface area contributed by atoms with Gasteiger partial charge in [0.25, 0.3) is 5.91 Å². The van der Waals surface area contributed by atoms with E-state index >= 15 is 0 Å². The van der Waals surface area contributed by atoms with E-state index in [-0.39, 0.29) is 23.7 Å². The van der Waals surface area contributed by atoms with E-state index in [2.05, 4.69) is 39.8 Å². The SMILES string of the molecule is Cc1ccc(-n2cc(C(=O)N3CCC(CN)CC3)c(C(C)(C)C)n2)cc1.Cl. The highest BCUT2D eigenvalue weighted by molar-refractivity contribution is 5.95. The van der Waals surface area contributed by atoms with Crippen LogP contribution in [0.25, 0.3) is 5.69 Å². The van der Waals surface area contributed by atoms with Crippen LogP contribution in [0.1, 0.15) is 55.2 Å². The van der Waals surface area contributed by atoms with Crippen molar-refractivity contribution in [2.24, 2.45) is 11.7 Å². The third kappa shape index (κ3) is 4.71. The minimum Gasteiger partial charge on any atom is -0.339 e. The fourth-order valence-corrected chi connectivity index (χ4v) is 3.46. The summed E-state index contributed by atoms with van der Waals surface area (Å²) < 4.78 is 1.83. The summed E-state index contributed by atoms with van der Waals surface area (Å²) in [4.78, 5) is 15.2. The van der Waals surface area contributed by atoms with E-state index in [0.717, 1.165) is 37.3 Å². The molecule has 1 aromatic heterocycles. The quantitative estimate of drug-likeness (QED) is 0.868. The molecule has 0 atom stereocenters. The fraction of sp³-hybridized carbons (Fsp3) is 0.524. The van der Waals surface area contributed by atoms with E-state index in [1.165, 1.54) is 5.56 Å². The van der Waals surface area contributed by atoms with E-state index in [9.17, 15) is 4.79 Å². The maximum Gasteiger partial charge on any atom is 0.257 e. The number of carbonyl (C=O) groups is 1. The van der Waals surface area contributed by atoms with Crippen molar-refractivity contribution in [1.82, 2.24) is 14.7 Å². The maximum absolute atomic E-state index is 13.2. The van der Waals surface area contributed by atoms with Gasteiger partial charge in [0, 0.05) is 24.7 Å². The fourth-order valence-electron chi connectivity index (χ4n) is 3.46. The Bertz CT molecular complexity index is 768. The molecule has 2 heterocycles. The number of amides is 1. The van der Waals surface area contributed by atoms with Crippen LogP contribution in [0.3, 0.4) is 0 Å². The summed E-state index contributed by atoms with van der Waals surface area (Å²) in [5.41, 5.74) is 9.32. The lowest BCUT2D eigenvalue weighted by Crippen LogP contribution is -2.40. The molecule has 1 fully saturated rings. The Kier molecular flexibility index (Phi) is 6.71. The van der Waals surface area contributed by atoms with Gasteiger partial charge in [0.05, 0.1) is 16.9 Å². The molecule has 0 bridgehead atoms. The van der Waals surface area contributed by atoms with Crippen LogP contribution >= 0.6 is 12.4 Å². The molecule has 1 aliphatic rings. The molecule has 148 valence electrons. The first-order chi connectivity index (χ1) is 12.3. The van der Waals surface area contributed by atoms with Gasteiger partial charge in [-0.25, -0.2) is 4.68 Å². The Morgan fingerprint density at radius 2 is 1.78 bits per heavy atom. The van der Waals surface area contributed by atoms with Crippen LogP contribution < -0.4 is 5.73 Å². The van der Waals surface area contributed by atoms with Crippen molar-refractivity contribution in [3.05, 3.63) is 47.3 Å². The van der Waals surface area contributed by atoms with E-state index in [0.29, 0.717) is 18.0 Å². The van der Waals surface area contributed by atoms with Crippen LogP contribution in [-0.2, 0) is 5.41 Å². The Morgan fingerprint density at radius 3 is 2.30 bits per heavy atom. The molecule has 1 aliphatic heterocycles. The second-order valence-electron chi connectivity index (χ2n) is 8.39. The predicted octanol–water partition coefficient (Wildman–Crippen LogP) is 3.71. The van der Waals surface area contributed by atoms with Crippen molar-refractivity contribution in [3.63, 3.8) is 0 Å². The number of nitrogens with two attached hydrogens (primary N) is 1. The summed E-state index contributed by atoms with van der Waals surface area (Å²) in [6, 6.07) is 8.20. The van der Waals surface area contributed by atoms with Gasteiger partial charge < -0.3 is 10.6 Å². The van der Waals surface area contributed by atoms with Crippen molar-refractivity contribution in [1.29, 1.82) is 0 Å². The number of rotatable bonds is 3. The molecule has 27 heavy (non-hydrogen) atoms. The third-order valence-electron chi connectivity index (χ3n) is 5.19. The molecule has 6 heteroatoms. The predicted molar refractivity (Wildman–Crippen MR) is 112 cm³/mol. The van der Waals surface area contributed by atoms with Crippen LogP contribution in [0, 0.1) is 12.8 Å². The summed E-state index contributed by atoms with van der Waals surface area (Å²) in [6.45, 7) is 10.6. The molecule has 0 saturated carbocycles. The minimum absolute atomic E-state index is 0. The Morgan fingerprint density at radius 1 is 1.19 bits per heavy atom. The Hall–Kier alpha value is -1.85. The number of aryl methyl sites for hydroxylation is 1. The molecule has 2 N–H and O–H groups in total. The summed E-state index contributed by atoms with van der Waals surface area (Å²) in [5.74, 6) is 0.625. The lowest BCUT2D eigenvalue weighted by Gasteiger charge is -2.31. The third-order valence-corrected chi connectivity index (χ3v) is 5.19. The van der Waals surface area contributed by atoms with Gasteiger partial charge in [0.1, 0.15) is 0 Å². The first kappa shape index (κ1) is 21.5. The van der Waals surface area contributed by atoms with Crippen LogP contribution in [0.4, 0.5) is 0 Å². The van der Waals surface area contributed by atoms with Crippen LogP contribution in [0.5, 0.6) is 0 Å². The normalized spacial score (nSPS) is 15.5. The second kappa shape index (κ2) is 8.44. The molecule has 2 aromatic rings. The molecule has 3 rings (SSSR count). The largest absolute Gasteiger partial charge is 0.339 e. The van der Waals surface area contributed by atoms with E-state index in [1.807, 2.05) is 27.9 Å². The first-order valence-corrected chi connectivity index (χ1v) is 9.46. The summed E-state index contributed by atoms with van der Waals surface area (Å²) in [5, 5.41) is 4.78. The number of piperidine rings is 1. The van der Waals surface area contributed by atoms with Gasteiger partial charge in [-0.15, -0.1) is 12.4 Å². The average molecular weight is 391 g/mol. The van der Waals surface area contributed by atoms with Crippen LogP contribution in [0.2, 0.25) is 0 Å². The highest BCUT2D eigenvalue weighted by atomic mass is 35.5. The molecule has 0 spiro atoms. The smallest absolute Gasteiger partial charge is 0.257 e. The zero-order valence-electron chi connectivity index (χ0n) is 16.7. The molecule has 1 saturated heterocycles. The second-order valence-corrected chi connectivity index (χ2v) is 8.39. The van der Waals surface area contributed by atoms with Gasteiger partial charge in [-0.05, 0) is 44.4 Å². The number of likely N-dealkylation sites (tertiary alicyclic amines) is 1. The van der Waals surface area contributed by atoms with Crippen molar-refractivity contribution in [2.75, 3.05) is 19.6 Å². The zero-order valence-corrected chi connectivity index (χ0v) is 17.6. The van der Waals surface area contributed by atoms with Gasteiger partial charge >= 0.3 is 0 Å². The van der Waals surface area contributed by atoms with Gasteiger partial charge in [0.2, 0.25) is 0 Å². The average Bonchev–Trinajstić information content (AvgIpc) is 3.07. The number of benzene rings is 1. The summed E-state index contributed by atoms with van der Waals surface area (Å²) in [7, 11) is 0. The Balaban J connectivity index is 0.00000261. The number of nitrogens with zero attached hydrogens (tertiary/aromatic N) is 3. The van der Waals surface area contributed by atoms with Crippen molar-refractivity contribution in [3.8, 4) is 5.69 Å². The topological polar surface area (TPSA) is 64.2 Å². The highest BCUT2D eigenvalue weighted by Crippen LogP contribution is 2.28. The molecule has 1 aromatic carbocycles. The Labute approximate surface area is 168 Å². The van der Waals surface area contributed by atoms with Crippen LogP contribution in [0.15, 0.2) is 30.5 Å². The van der Waals surface area contributed by atoms with Crippen LogP contribution in [-0.4, -0.2) is 40.2 Å². The van der Waals surface area contributed by atoms with E-state index in [1.54, 1.807) is 0 Å². The van der Waals surface area contributed by atoms with E-state index in [4.69, 9.17) is 10.8 Å². The van der Waals surface area contributed by atoms with Gasteiger partial charge in [-0.2, -0.15) is 5.10 Å². The molecular weight excluding hydrogens is 360 g/mol. The van der Waals surface area contributed by atoms with E-state index < -0.39 is 0 Å². The lowest BCUT2D eigenvalue weighted by atomic mass is 9.89. The standard InChI is InChI=1S/C21H30N4O.ClH/c1-15-5-7-17(8-6-15)25-14-18(19(23-25)21(2,3)4)20(26)24-11-9-16(13-22)10-12-24;/h5-8,14,16H,9-13,22H2,1-4H3;1H. The number of hydrogen-bond acceptors (Lipinski definition) is 3. The number of halogens is 1. The van der Waals surface area contributed by atoms with Gasteiger partial charge in [0.15, 0.2) is 0 Å². The maximum atomic E-state index is 13.2. The molecule has 0 radical (unpaired) electrons. The molecule has 5 nitrogen and oxygen atoms in total. The molecule has 0 unspecified atom stereocenters. The van der Waals surface area contributed by atoms with Crippen molar-refractivity contribution >= 4 is 18.3 Å². The zero-order chi connectivity index (χ0) is 18.9. The number of carbonyl (C=O) groups excluding carboxylic acids is 1. The summed E-state index contributed by atoms with van der Waals surface area (Å²) >= 11 is 0. The van der Waals surface area contributed by atoms with Crippen molar-refractivity contribution < 1.29 is 4.79 Å². The molecular formula is C21H31ClN4O. The monoisotopic (exact) mass is 390 g/mol. The van der Waals surface area contributed by atoms with Crippen molar-refractivity contribution in [2.45, 2.75) is 46.0 Å². The number of aromatic nitrogens is 2. The molecule has 1 amide bonds.